The first-order chi connectivity index (χ1) is 8.25. The van der Waals surface area contributed by atoms with Crippen LogP contribution in [0.1, 0.15) is 28.3 Å². The molecule has 0 atom stereocenters. The molecule has 2 aromatic rings. The Morgan fingerprint density at radius 1 is 1.18 bits per heavy atom. The van der Waals surface area contributed by atoms with E-state index in [1.807, 2.05) is 30.3 Å². The topological polar surface area (TPSA) is 42.9 Å². The molecule has 1 aromatic carbocycles. The lowest BCUT2D eigenvalue weighted by atomic mass is 10.1. The second-order valence-corrected chi connectivity index (χ2v) is 3.90. The highest BCUT2D eigenvalue weighted by Gasteiger charge is 2.07. The van der Waals surface area contributed by atoms with Gasteiger partial charge in [-0.3, -0.25) is 4.79 Å². The third-order valence-corrected chi connectivity index (χ3v) is 2.55. The Morgan fingerprint density at radius 2 is 1.94 bits per heavy atom. The second kappa shape index (κ2) is 5.34. The van der Waals surface area contributed by atoms with Gasteiger partial charge in [0, 0.05) is 12.6 Å². The Hall–Kier alpha value is -2.03. The standard InChI is InChI=1S/C14H14N2O/c1-11-15-10-9-13(16-11)14(17)8-7-12-5-3-2-4-6-12/h2-6,9-10H,7-8H2,1H3. The van der Waals surface area contributed by atoms with E-state index in [2.05, 4.69) is 9.97 Å². The Morgan fingerprint density at radius 3 is 2.65 bits per heavy atom. The highest BCUT2D eigenvalue weighted by Crippen LogP contribution is 2.06. The van der Waals surface area contributed by atoms with Crippen LogP contribution in [0.15, 0.2) is 42.6 Å². The summed E-state index contributed by atoms with van der Waals surface area (Å²) in [5.74, 6) is 0.704. The predicted molar refractivity (Wildman–Crippen MR) is 65.9 cm³/mol. The zero-order chi connectivity index (χ0) is 12.1. The Kier molecular flexibility index (Phi) is 3.60. The minimum atomic E-state index is 0.0688. The van der Waals surface area contributed by atoms with E-state index in [4.69, 9.17) is 0 Å². The fourth-order valence-electron chi connectivity index (χ4n) is 1.64. The lowest BCUT2D eigenvalue weighted by molar-refractivity contribution is 0.0977. The van der Waals surface area contributed by atoms with Crippen molar-refractivity contribution in [2.75, 3.05) is 0 Å². The summed E-state index contributed by atoms with van der Waals surface area (Å²) in [4.78, 5) is 20.0. The molecule has 0 fully saturated rings. The molecule has 0 unspecified atom stereocenters. The van der Waals surface area contributed by atoms with Crippen molar-refractivity contribution >= 4 is 5.78 Å². The first-order valence-corrected chi connectivity index (χ1v) is 5.62. The third kappa shape index (κ3) is 3.21. The molecule has 0 aliphatic carbocycles. The molecule has 17 heavy (non-hydrogen) atoms. The van der Waals surface area contributed by atoms with E-state index in [0.29, 0.717) is 17.9 Å². The van der Waals surface area contributed by atoms with Gasteiger partial charge < -0.3 is 0 Å². The number of aromatic nitrogens is 2. The molecule has 2 rings (SSSR count). The monoisotopic (exact) mass is 226 g/mol. The minimum absolute atomic E-state index is 0.0688. The summed E-state index contributed by atoms with van der Waals surface area (Å²) in [5, 5.41) is 0. The number of rotatable bonds is 4. The number of hydrogen-bond donors (Lipinski definition) is 0. The predicted octanol–water partition coefficient (Wildman–Crippen LogP) is 2.60. The van der Waals surface area contributed by atoms with Gasteiger partial charge in [0.1, 0.15) is 11.5 Å². The van der Waals surface area contributed by atoms with Gasteiger partial charge in [-0.15, -0.1) is 0 Å². The van der Waals surface area contributed by atoms with Crippen LogP contribution in [0, 0.1) is 6.92 Å². The van der Waals surface area contributed by atoms with Gasteiger partial charge in [0.05, 0.1) is 0 Å². The second-order valence-electron chi connectivity index (χ2n) is 3.90. The number of aryl methyl sites for hydroxylation is 2. The normalized spacial score (nSPS) is 10.2. The molecule has 1 aromatic heterocycles. The van der Waals surface area contributed by atoms with Crippen molar-refractivity contribution in [2.45, 2.75) is 19.8 Å². The number of carbonyl (C=O) groups excluding carboxylic acids is 1. The Labute approximate surface area is 101 Å². The molecule has 0 N–H and O–H groups in total. The summed E-state index contributed by atoms with van der Waals surface area (Å²) in [6.45, 7) is 1.79. The van der Waals surface area contributed by atoms with Gasteiger partial charge in [-0.05, 0) is 25.0 Å². The molecule has 0 bridgehead atoms. The molecule has 1 heterocycles. The van der Waals surface area contributed by atoms with Crippen LogP contribution in [-0.4, -0.2) is 15.8 Å². The van der Waals surface area contributed by atoms with Crippen molar-refractivity contribution in [3.05, 3.63) is 59.7 Å². The van der Waals surface area contributed by atoms with Crippen molar-refractivity contribution in [3.63, 3.8) is 0 Å². The van der Waals surface area contributed by atoms with Gasteiger partial charge in [0.25, 0.3) is 0 Å². The molecule has 0 saturated heterocycles. The maximum absolute atomic E-state index is 11.9. The summed E-state index contributed by atoms with van der Waals surface area (Å²) in [6, 6.07) is 11.7. The average molecular weight is 226 g/mol. The molecule has 0 amide bonds. The Bertz CT molecular complexity index is 509. The van der Waals surface area contributed by atoms with Gasteiger partial charge in [0.2, 0.25) is 0 Å². The van der Waals surface area contributed by atoms with E-state index in [1.54, 1.807) is 19.2 Å². The van der Waals surface area contributed by atoms with Gasteiger partial charge in [-0.2, -0.15) is 0 Å². The van der Waals surface area contributed by atoms with E-state index in [-0.39, 0.29) is 5.78 Å². The molecule has 0 aliphatic heterocycles. The van der Waals surface area contributed by atoms with Crippen molar-refractivity contribution in [2.24, 2.45) is 0 Å². The van der Waals surface area contributed by atoms with E-state index < -0.39 is 0 Å². The summed E-state index contributed by atoms with van der Waals surface area (Å²) in [6.07, 6.45) is 2.86. The lowest BCUT2D eigenvalue weighted by Crippen LogP contribution is -2.05. The van der Waals surface area contributed by atoms with E-state index in [9.17, 15) is 4.79 Å². The lowest BCUT2D eigenvalue weighted by Gasteiger charge is -2.01. The molecule has 0 radical (unpaired) electrons. The van der Waals surface area contributed by atoms with Gasteiger partial charge in [-0.25, -0.2) is 9.97 Å². The smallest absolute Gasteiger partial charge is 0.181 e. The first-order valence-electron chi connectivity index (χ1n) is 5.62. The molecular formula is C14H14N2O. The number of nitrogens with zero attached hydrogens (tertiary/aromatic N) is 2. The van der Waals surface area contributed by atoms with Crippen molar-refractivity contribution in [1.82, 2.24) is 9.97 Å². The van der Waals surface area contributed by atoms with Crippen molar-refractivity contribution in [3.8, 4) is 0 Å². The zero-order valence-corrected chi connectivity index (χ0v) is 9.76. The number of Topliss-reactive ketones (excluding diaryl/α,β-unsaturated/α-hetero) is 1. The quantitative estimate of drug-likeness (QED) is 0.752. The maximum atomic E-state index is 11.9. The maximum Gasteiger partial charge on any atom is 0.181 e. The minimum Gasteiger partial charge on any atom is -0.292 e. The number of carbonyl (C=O) groups is 1. The fraction of sp³-hybridized carbons (Fsp3) is 0.214. The highest BCUT2D eigenvalue weighted by molar-refractivity contribution is 5.94. The SMILES string of the molecule is Cc1nccc(C(=O)CCc2ccccc2)n1. The van der Waals surface area contributed by atoms with Crippen LogP contribution in [-0.2, 0) is 6.42 Å². The molecule has 0 spiro atoms. The molecule has 3 heteroatoms. The number of hydrogen-bond acceptors (Lipinski definition) is 3. The first kappa shape index (κ1) is 11.5. The van der Waals surface area contributed by atoms with E-state index in [1.165, 1.54) is 5.56 Å². The number of benzene rings is 1. The van der Waals surface area contributed by atoms with Crippen LogP contribution in [0.5, 0.6) is 0 Å². The largest absolute Gasteiger partial charge is 0.292 e. The zero-order valence-electron chi connectivity index (χ0n) is 9.76. The Balaban J connectivity index is 1.98. The van der Waals surface area contributed by atoms with Crippen LogP contribution in [0.2, 0.25) is 0 Å². The average Bonchev–Trinajstić information content (AvgIpc) is 2.37. The molecule has 3 nitrogen and oxygen atoms in total. The summed E-state index contributed by atoms with van der Waals surface area (Å²) >= 11 is 0. The van der Waals surface area contributed by atoms with Crippen molar-refractivity contribution < 1.29 is 4.79 Å². The van der Waals surface area contributed by atoms with Crippen molar-refractivity contribution in [1.29, 1.82) is 0 Å². The molecule has 0 aliphatic rings. The highest BCUT2D eigenvalue weighted by atomic mass is 16.1. The summed E-state index contributed by atoms with van der Waals surface area (Å²) in [7, 11) is 0. The van der Waals surface area contributed by atoms with Gasteiger partial charge in [-0.1, -0.05) is 30.3 Å². The van der Waals surface area contributed by atoms with Gasteiger partial charge in [0.15, 0.2) is 5.78 Å². The van der Waals surface area contributed by atoms with Gasteiger partial charge >= 0.3 is 0 Å². The van der Waals surface area contributed by atoms with E-state index in [0.717, 1.165) is 6.42 Å². The third-order valence-electron chi connectivity index (χ3n) is 2.55. The van der Waals surface area contributed by atoms with Crippen LogP contribution in [0.4, 0.5) is 0 Å². The summed E-state index contributed by atoms with van der Waals surface area (Å²) < 4.78 is 0. The van der Waals surface area contributed by atoms with Crippen LogP contribution in [0.3, 0.4) is 0 Å². The molecule has 86 valence electrons. The van der Waals surface area contributed by atoms with E-state index >= 15 is 0 Å². The molecular weight excluding hydrogens is 212 g/mol. The van der Waals surface area contributed by atoms with Crippen LogP contribution >= 0.6 is 0 Å². The van der Waals surface area contributed by atoms with Crippen LogP contribution in [0.25, 0.3) is 0 Å². The summed E-state index contributed by atoms with van der Waals surface area (Å²) in [5.41, 5.74) is 1.68. The van der Waals surface area contributed by atoms with Crippen LogP contribution < -0.4 is 0 Å². The molecule has 0 saturated carbocycles. The fourth-order valence-corrected chi connectivity index (χ4v) is 1.64. The number of ketones is 1.